The number of amides is 1. The second-order valence-corrected chi connectivity index (χ2v) is 5.97. The van der Waals surface area contributed by atoms with Gasteiger partial charge in [-0.2, -0.15) is 5.26 Å². The molecule has 0 bridgehead atoms. The van der Waals surface area contributed by atoms with Crippen molar-refractivity contribution in [1.29, 1.82) is 5.26 Å². The number of nitriles is 1. The molecule has 1 unspecified atom stereocenters. The molecule has 0 aromatic carbocycles. The summed E-state index contributed by atoms with van der Waals surface area (Å²) in [6.07, 6.45) is 2.12. The van der Waals surface area contributed by atoms with E-state index in [1.54, 1.807) is 26.8 Å². The first-order valence-corrected chi connectivity index (χ1v) is 6.68. The Morgan fingerprint density at radius 2 is 2.29 bits per heavy atom. The van der Waals surface area contributed by atoms with Crippen LogP contribution in [0.15, 0.2) is 12.3 Å². The molecule has 2 atom stereocenters. The summed E-state index contributed by atoms with van der Waals surface area (Å²) in [7, 11) is 0. The lowest BCUT2D eigenvalue weighted by Crippen LogP contribution is -2.36. The summed E-state index contributed by atoms with van der Waals surface area (Å²) in [6, 6.07) is 3.25. The molecule has 6 heteroatoms. The Kier molecular flexibility index (Phi) is 3.94. The highest BCUT2D eigenvalue weighted by atomic mass is 16.6. The van der Waals surface area contributed by atoms with E-state index in [1.807, 2.05) is 6.07 Å². The normalized spacial score (nSPS) is 20.3. The Bertz CT molecular complexity index is 614. The average Bonchev–Trinajstić information content (AvgIpc) is 2.74. The van der Waals surface area contributed by atoms with Crippen LogP contribution in [-0.4, -0.2) is 23.0 Å². The molecule has 0 spiro atoms. The van der Waals surface area contributed by atoms with Gasteiger partial charge >= 0.3 is 6.09 Å². The van der Waals surface area contributed by atoms with Gasteiger partial charge in [0.25, 0.3) is 0 Å². The Balaban J connectivity index is 2.26. The minimum atomic E-state index is -0.613. The van der Waals surface area contributed by atoms with Crippen LogP contribution in [0.4, 0.5) is 4.79 Å². The summed E-state index contributed by atoms with van der Waals surface area (Å²) in [5.41, 5.74) is 1.16. The van der Waals surface area contributed by atoms with Crippen molar-refractivity contribution < 1.29 is 14.3 Å². The maximum atomic E-state index is 11.9. The maximum Gasteiger partial charge on any atom is 0.408 e. The molecule has 110 valence electrons. The lowest BCUT2D eigenvalue weighted by Gasteiger charge is -2.23. The van der Waals surface area contributed by atoms with Gasteiger partial charge in [-0.1, -0.05) is 0 Å². The number of fused-ring (bicyclic) bond motifs is 1. The zero-order valence-corrected chi connectivity index (χ0v) is 12.2. The monoisotopic (exact) mass is 287 g/mol. The molecule has 0 saturated carbocycles. The highest BCUT2D eigenvalue weighted by Gasteiger charge is 2.36. The van der Waals surface area contributed by atoms with Crippen LogP contribution < -0.4 is 5.32 Å². The van der Waals surface area contributed by atoms with E-state index in [-0.39, 0.29) is 0 Å². The molecule has 1 heterocycles. The highest BCUT2D eigenvalue weighted by molar-refractivity contribution is 5.71. The fraction of sp³-hybridized carbons (Fsp3) is 0.467. The molecule has 0 radical (unpaired) electrons. The Labute approximate surface area is 123 Å². The number of aldehydes is 1. The molecule has 0 aliphatic heterocycles. The van der Waals surface area contributed by atoms with E-state index >= 15 is 0 Å². The zero-order valence-electron chi connectivity index (χ0n) is 12.2. The van der Waals surface area contributed by atoms with Gasteiger partial charge in [-0.3, -0.25) is 0 Å². The van der Waals surface area contributed by atoms with Crippen molar-refractivity contribution in [3.05, 3.63) is 29.1 Å². The smallest absolute Gasteiger partial charge is 0.408 e. The number of hydrogen-bond acceptors (Lipinski definition) is 5. The predicted octanol–water partition coefficient (Wildman–Crippen LogP) is 1.89. The molecular formula is C15H17N3O3. The van der Waals surface area contributed by atoms with Gasteiger partial charge in [-0.25, -0.2) is 9.78 Å². The van der Waals surface area contributed by atoms with Crippen LogP contribution in [0.25, 0.3) is 0 Å². The first-order valence-electron chi connectivity index (χ1n) is 6.68. The molecule has 1 aromatic heterocycles. The fourth-order valence-electron chi connectivity index (χ4n) is 2.44. The van der Waals surface area contributed by atoms with Crippen molar-refractivity contribution in [2.24, 2.45) is 5.92 Å². The molecule has 1 aliphatic carbocycles. The van der Waals surface area contributed by atoms with Gasteiger partial charge in [0.05, 0.1) is 6.04 Å². The number of aromatic nitrogens is 1. The second kappa shape index (κ2) is 5.52. The van der Waals surface area contributed by atoms with Crippen LogP contribution in [-0.2, 0) is 16.0 Å². The molecule has 2 rings (SSSR count). The fourth-order valence-corrected chi connectivity index (χ4v) is 2.44. The van der Waals surface area contributed by atoms with E-state index in [1.165, 1.54) is 6.20 Å². The van der Waals surface area contributed by atoms with Crippen LogP contribution in [0.2, 0.25) is 0 Å². The van der Waals surface area contributed by atoms with Crippen LogP contribution in [0, 0.1) is 17.2 Å². The number of nitrogens with zero attached hydrogens (tertiary/aromatic N) is 2. The minimum absolute atomic E-state index is 0.299. The SMILES string of the molecule is CC(C)(C)OC(=O)NC1c2ccnc(C#N)c2C[C@H]1C=O. The quantitative estimate of drug-likeness (QED) is 0.838. The van der Waals surface area contributed by atoms with Crippen molar-refractivity contribution in [3.63, 3.8) is 0 Å². The Hall–Kier alpha value is -2.42. The first kappa shape index (κ1) is 15.0. The third-order valence-electron chi connectivity index (χ3n) is 3.25. The third kappa shape index (κ3) is 3.19. The van der Waals surface area contributed by atoms with E-state index in [2.05, 4.69) is 10.3 Å². The number of rotatable bonds is 2. The largest absolute Gasteiger partial charge is 0.444 e. The van der Waals surface area contributed by atoms with Crippen molar-refractivity contribution in [2.45, 2.75) is 38.8 Å². The van der Waals surface area contributed by atoms with Gasteiger partial charge in [0.15, 0.2) is 0 Å². The number of nitrogens with one attached hydrogen (secondary N) is 1. The average molecular weight is 287 g/mol. The summed E-state index contributed by atoms with van der Waals surface area (Å²) in [5, 5.41) is 11.8. The van der Waals surface area contributed by atoms with Crippen LogP contribution >= 0.6 is 0 Å². The molecule has 0 fully saturated rings. The predicted molar refractivity (Wildman–Crippen MR) is 74.3 cm³/mol. The van der Waals surface area contributed by atoms with E-state index in [0.717, 1.165) is 17.4 Å². The minimum Gasteiger partial charge on any atom is -0.444 e. The summed E-state index contributed by atoms with van der Waals surface area (Å²) >= 11 is 0. The molecule has 21 heavy (non-hydrogen) atoms. The topological polar surface area (TPSA) is 92.1 Å². The maximum absolute atomic E-state index is 11.9. The first-order chi connectivity index (χ1) is 9.85. The van der Waals surface area contributed by atoms with Gasteiger partial charge in [-0.15, -0.1) is 0 Å². The lowest BCUT2D eigenvalue weighted by molar-refractivity contribution is -0.111. The van der Waals surface area contributed by atoms with E-state index < -0.39 is 23.7 Å². The van der Waals surface area contributed by atoms with E-state index in [4.69, 9.17) is 10.00 Å². The molecule has 1 aliphatic rings. The molecule has 1 amide bonds. The summed E-state index contributed by atoms with van der Waals surface area (Å²) in [6.45, 7) is 5.30. The van der Waals surface area contributed by atoms with Crippen molar-refractivity contribution in [3.8, 4) is 6.07 Å². The number of ether oxygens (including phenoxy) is 1. The molecule has 1 aromatic rings. The standard InChI is InChI=1S/C15H17N3O3/c1-15(2,3)21-14(20)18-13-9(8-19)6-11-10(13)4-5-17-12(11)7-16/h4-5,8-9,13H,6H2,1-3H3,(H,18,20)/t9-,13?/m0/s1. The van der Waals surface area contributed by atoms with Gasteiger partial charge < -0.3 is 14.8 Å². The summed E-state index contributed by atoms with van der Waals surface area (Å²) < 4.78 is 5.22. The van der Waals surface area contributed by atoms with Gasteiger partial charge in [-0.05, 0) is 44.4 Å². The second-order valence-electron chi connectivity index (χ2n) is 5.97. The summed E-state index contributed by atoms with van der Waals surface area (Å²) in [5.74, 6) is -0.413. The number of hydrogen-bond donors (Lipinski definition) is 1. The van der Waals surface area contributed by atoms with E-state index in [0.29, 0.717) is 12.1 Å². The Morgan fingerprint density at radius 1 is 1.57 bits per heavy atom. The van der Waals surface area contributed by atoms with Crippen molar-refractivity contribution in [1.82, 2.24) is 10.3 Å². The molecule has 6 nitrogen and oxygen atoms in total. The lowest BCUT2D eigenvalue weighted by atomic mass is 10.0. The number of pyridine rings is 1. The molecular weight excluding hydrogens is 270 g/mol. The number of carbonyl (C=O) groups is 2. The zero-order chi connectivity index (χ0) is 15.6. The number of alkyl carbamates (subject to hydrolysis) is 1. The molecule has 0 saturated heterocycles. The molecule has 1 N–H and O–H groups in total. The van der Waals surface area contributed by atoms with E-state index in [9.17, 15) is 9.59 Å². The number of carbonyl (C=O) groups excluding carboxylic acids is 2. The highest BCUT2D eigenvalue weighted by Crippen LogP contribution is 2.36. The van der Waals surface area contributed by atoms with Crippen molar-refractivity contribution in [2.75, 3.05) is 0 Å². The van der Waals surface area contributed by atoms with Gasteiger partial charge in [0, 0.05) is 12.1 Å². The van der Waals surface area contributed by atoms with Gasteiger partial charge in [0.1, 0.15) is 23.7 Å². The van der Waals surface area contributed by atoms with Crippen molar-refractivity contribution >= 4 is 12.4 Å². The van der Waals surface area contributed by atoms with Gasteiger partial charge in [0.2, 0.25) is 0 Å². The summed E-state index contributed by atoms with van der Waals surface area (Å²) in [4.78, 5) is 27.2. The third-order valence-corrected chi connectivity index (χ3v) is 3.25. The van der Waals surface area contributed by atoms with Crippen LogP contribution in [0.5, 0.6) is 0 Å². The Morgan fingerprint density at radius 3 is 2.86 bits per heavy atom. The van der Waals surface area contributed by atoms with Crippen LogP contribution in [0.3, 0.4) is 0 Å². The van der Waals surface area contributed by atoms with Crippen LogP contribution in [0.1, 0.15) is 43.6 Å².